The number of aromatic nitrogens is 3. The summed E-state index contributed by atoms with van der Waals surface area (Å²) in [7, 11) is 0. The molecule has 3 aromatic rings. The third-order valence-corrected chi connectivity index (χ3v) is 6.21. The van der Waals surface area contributed by atoms with Crippen molar-refractivity contribution >= 4 is 40.1 Å². The average Bonchev–Trinajstić information content (AvgIpc) is 3.15. The molecule has 1 aliphatic carbocycles. The second-order valence-electron chi connectivity index (χ2n) is 7.41. The Balaban J connectivity index is 1.82. The van der Waals surface area contributed by atoms with Gasteiger partial charge in [0.15, 0.2) is 5.82 Å². The van der Waals surface area contributed by atoms with E-state index in [1.807, 2.05) is 0 Å². The van der Waals surface area contributed by atoms with Gasteiger partial charge in [-0.25, -0.2) is 19.2 Å². The van der Waals surface area contributed by atoms with Crippen molar-refractivity contribution < 1.29 is 13.9 Å². The minimum absolute atomic E-state index is 0.255. The molecule has 1 unspecified atom stereocenters. The van der Waals surface area contributed by atoms with Crippen molar-refractivity contribution in [2.45, 2.75) is 37.0 Å². The van der Waals surface area contributed by atoms with E-state index in [0.29, 0.717) is 28.5 Å². The molecule has 0 bridgehead atoms. The number of rotatable bonds is 6. The number of halogens is 2. The molecule has 1 atom stereocenters. The van der Waals surface area contributed by atoms with Crippen LogP contribution in [0.1, 0.15) is 53.4 Å². The van der Waals surface area contributed by atoms with E-state index in [4.69, 9.17) is 14.7 Å². The van der Waals surface area contributed by atoms with E-state index >= 15 is 0 Å². The van der Waals surface area contributed by atoms with Crippen molar-refractivity contribution in [3.8, 4) is 11.4 Å². The van der Waals surface area contributed by atoms with Crippen LogP contribution < -0.4 is 5.32 Å². The van der Waals surface area contributed by atoms with Gasteiger partial charge in [-0.2, -0.15) is 0 Å². The van der Waals surface area contributed by atoms with Crippen LogP contribution in [0.3, 0.4) is 0 Å². The lowest BCUT2D eigenvalue weighted by Gasteiger charge is -2.16. The van der Waals surface area contributed by atoms with Crippen LogP contribution in [0.5, 0.6) is 0 Å². The summed E-state index contributed by atoms with van der Waals surface area (Å²) in [4.78, 5) is 25.8. The molecule has 2 heterocycles. The second kappa shape index (κ2) is 9.25. The van der Waals surface area contributed by atoms with Gasteiger partial charge in [0.25, 0.3) is 0 Å². The third-order valence-electron chi connectivity index (χ3n) is 5.33. The van der Waals surface area contributed by atoms with Gasteiger partial charge in [-0.3, -0.25) is 4.98 Å². The van der Waals surface area contributed by atoms with E-state index in [-0.39, 0.29) is 18.3 Å². The van der Waals surface area contributed by atoms with E-state index < -0.39 is 5.97 Å². The van der Waals surface area contributed by atoms with Crippen LogP contribution in [-0.4, -0.2) is 27.5 Å². The highest BCUT2D eigenvalue weighted by atomic mass is 127. The number of alkyl halides is 1. The number of nitrogens with zero attached hydrogens (tertiary/aromatic N) is 3. The molecule has 0 saturated carbocycles. The van der Waals surface area contributed by atoms with Gasteiger partial charge < -0.3 is 10.1 Å². The minimum atomic E-state index is -0.460. The van der Waals surface area contributed by atoms with Crippen molar-refractivity contribution in [2.24, 2.45) is 0 Å². The fraction of sp³-hybridized carbons (Fsp3) is 0.304. The summed E-state index contributed by atoms with van der Waals surface area (Å²) in [6, 6.07) is 6.72. The average molecular weight is 532 g/mol. The number of fused-ring (bicyclic) bond motifs is 1. The normalized spacial score (nSPS) is 14.9. The summed E-state index contributed by atoms with van der Waals surface area (Å²) < 4.78 is 20.6. The Morgan fingerprint density at radius 3 is 2.94 bits per heavy atom. The van der Waals surface area contributed by atoms with Crippen molar-refractivity contribution in [3.63, 3.8) is 0 Å². The Hall–Kier alpha value is -2.62. The first-order chi connectivity index (χ1) is 15.0. The van der Waals surface area contributed by atoms with E-state index in [0.717, 1.165) is 34.1 Å². The van der Waals surface area contributed by atoms with Gasteiger partial charge in [0.1, 0.15) is 17.2 Å². The van der Waals surface area contributed by atoms with E-state index in [2.05, 4.69) is 39.8 Å². The fourth-order valence-electron chi connectivity index (χ4n) is 3.77. The number of carbonyl (C=O) groups excluding carboxylic acids is 1. The molecule has 4 rings (SSSR count). The van der Waals surface area contributed by atoms with Crippen LogP contribution in [-0.2, 0) is 15.6 Å². The molecule has 0 saturated heterocycles. The summed E-state index contributed by atoms with van der Waals surface area (Å²) >= 11 is 2.25. The Bertz CT molecular complexity index is 1140. The Kier molecular flexibility index (Phi) is 6.45. The van der Waals surface area contributed by atoms with Gasteiger partial charge in [0.2, 0.25) is 0 Å². The molecule has 2 aromatic heterocycles. The van der Waals surface area contributed by atoms with Gasteiger partial charge in [0.05, 0.1) is 23.6 Å². The first-order valence-corrected chi connectivity index (χ1v) is 11.7. The zero-order valence-electron chi connectivity index (χ0n) is 17.3. The fourth-order valence-corrected chi connectivity index (χ4v) is 4.24. The standard InChI is InChI=1S/C23H22FIN4O2/c1-3-31-23(30)16-12-26-9-8-18(16)27-22-20-13(2)4-7-19(20)28-21(29-22)15-10-14(11-25)5-6-17(15)24/h5-6,8-10,12-13H,3-4,7,11H2,1-2H3,(H,26,27,28,29). The number of hydrogen-bond donors (Lipinski definition) is 1. The lowest BCUT2D eigenvalue weighted by molar-refractivity contribution is 0.0527. The molecule has 1 aromatic carbocycles. The zero-order valence-corrected chi connectivity index (χ0v) is 19.4. The highest BCUT2D eigenvalue weighted by molar-refractivity contribution is 14.1. The molecule has 0 spiro atoms. The smallest absolute Gasteiger partial charge is 0.341 e. The number of esters is 1. The molecule has 0 radical (unpaired) electrons. The number of benzene rings is 1. The largest absolute Gasteiger partial charge is 0.462 e. The van der Waals surface area contributed by atoms with Crippen LogP contribution in [0, 0.1) is 5.82 Å². The summed E-state index contributed by atoms with van der Waals surface area (Å²) in [5, 5.41) is 3.28. The highest BCUT2D eigenvalue weighted by Crippen LogP contribution is 2.39. The molecule has 0 fully saturated rings. The van der Waals surface area contributed by atoms with Crippen LogP contribution in [0.15, 0.2) is 36.7 Å². The molecule has 0 aliphatic heterocycles. The molecule has 31 heavy (non-hydrogen) atoms. The van der Waals surface area contributed by atoms with Crippen LogP contribution in [0.4, 0.5) is 15.9 Å². The predicted molar refractivity (Wildman–Crippen MR) is 125 cm³/mol. The van der Waals surface area contributed by atoms with Crippen molar-refractivity contribution in [1.29, 1.82) is 0 Å². The number of ether oxygens (including phenoxy) is 1. The number of hydrogen-bond acceptors (Lipinski definition) is 6. The molecule has 6 nitrogen and oxygen atoms in total. The summed E-state index contributed by atoms with van der Waals surface area (Å²) in [5.74, 6) is 0.358. The molecular weight excluding hydrogens is 510 g/mol. The topological polar surface area (TPSA) is 77.0 Å². The lowest BCUT2D eigenvalue weighted by Crippen LogP contribution is -2.11. The molecule has 1 N–H and O–H groups in total. The minimum Gasteiger partial charge on any atom is -0.462 e. The Morgan fingerprint density at radius 2 is 2.16 bits per heavy atom. The molecular formula is C23H22FIN4O2. The highest BCUT2D eigenvalue weighted by Gasteiger charge is 2.27. The Morgan fingerprint density at radius 1 is 1.32 bits per heavy atom. The molecule has 1 aliphatic rings. The van der Waals surface area contributed by atoms with Crippen LogP contribution in [0.25, 0.3) is 11.4 Å². The second-order valence-corrected chi connectivity index (χ2v) is 8.17. The van der Waals surface area contributed by atoms with E-state index in [9.17, 15) is 9.18 Å². The van der Waals surface area contributed by atoms with E-state index in [1.54, 1.807) is 31.3 Å². The Labute approximate surface area is 193 Å². The molecule has 160 valence electrons. The predicted octanol–water partition coefficient (Wildman–Crippen LogP) is 5.58. The van der Waals surface area contributed by atoms with Crippen LogP contribution in [0.2, 0.25) is 0 Å². The zero-order chi connectivity index (χ0) is 22.0. The first-order valence-electron chi connectivity index (χ1n) is 10.2. The number of anilines is 2. The SMILES string of the molecule is CCOC(=O)c1cnccc1Nc1nc(-c2cc(CI)ccc2F)nc2c1C(C)CC2. The van der Waals surface area contributed by atoms with Crippen LogP contribution >= 0.6 is 22.6 Å². The lowest BCUT2D eigenvalue weighted by atomic mass is 10.0. The number of pyridine rings is 1. The first kappa shape index (κ1) is 21.6. The quantitative estimate of drug-likeness (QED) is 0.254. The number of carbonyl (C=O) groups is 1. The maximum Gasteiger partial charge on any atom is 0.341 e. The summed E-state index contributed by atoms with van der Waals surface area (Å²) in [6.07, 6.45) is 4.81. The van der Waals surface area contributed by atoms with Gasteiger partial charge in [-0.05, 0) is 49.4 Å². The van der Waals surface area contributed by atoms with Crippen molar-refractivity contribution in [3.05, 3.63) is 64.9 Å². The van der Waals surface area contributed by atoms with Gasteiger partial charge in [-0.1, -0.05) is 35.6 Å². The molecule has 8 heteroatoms. The summed E-state index contributed by atoms with van der Waals surface area (Å²) in [6.45, 7) is 4.14. The summed E-state index contributed by atoms with van der Waals surface area (Å²) in [5.41, 5.74) is 4.15. The van der Waals surface area contributed by atoms with E-state index in [1.165, 1.54) is 12.3 Å². The number of aryl methyl sites for hydroxylation is 1. The monoisotopic (exact) mass is 532 g/mol. The maximum absolute atomic E-state index is 14.7. The maximum atomic E-state index is 14.7. The number of nitrogens with one attached hydrogen (secondary N) is 1. The van der Waals surface area contributed by atoms with Crippen molar-refractivity contribution in [1.82, 2.24) is 15.0 Å². The van der Waals surface area contributed by atoms with Gasteiger partial charge >= 0.3 is 5.97 Å². The van der Waals surface area contributed by atoms with Gasteiger partial charge in [-0.15, -0.1) is 0 Å². The molecule has 0 amide bonds. The van der Waals surface area contributed by atoms with Crippen molar-refractivity contribution in [2.75, 3.05) is 11.9 Å². The van der Waals surface area contributed by atoms with Gasteiger partial charge in [0, 0.05) is 22.4 Å². The third kappa shape index (κ3) is 4.39.